The van der Waals surface area contributed by atoms with Gasteiger partial charge in [0.15, 0.2) is 0 Å². The zero-order valence-electron chi connectivity index (χ0n) is 15.8. The fourth-order valence-corrected chi connectivity index (χ4v) is 4.06. The molecule has 1 aliphatic rings. The second kappa shape index (κ2) is 7.70. The molecular formula is C20H26BNO4. The fraction of sp³-hybridized carbons (Fsp3) is 0.400. The van der Waals surface area contributed by atoms with E-state index in [0.717, 1.165) is 23.4 Å². The Morgan fingerprint density at radius 3 is 2.31 bits per heavy atom. The van der Waals surface area contributed by atoms with E-state index in [1.54, 1.807) is 13.2 Å². The molecule has 0 saturated heterocycles. The second-order valence-electron chi connectivity index (χ2n) is 6.85. The molecule has 6 heteroatoms. The summed E-state index contributed by atoms with van der Waals surface area (Å²) < 4.78 is 11.0. The van der Waals surface area contributed by atoms with Gasteiger partial charge in [0.25, 0.3) is 0 Å². The molecule has 0 aromatic heterocycles. The van der Waals surface area contributed by atoms with E-state index >= 15 is 0 Å². The number of methoxy groups -OCH3 is 2. The Kier molecular flexibility index (Phi) is 5.56. The van der Waals surface area contributed by atoms with Gasteiger partial charge in [-0.1, -0.05) is 30.3 Å². The summed E-state index contributed by atoms with van der Waals surface area (Å²) in [5.41, 5.74) is 3.62. The summed E-state index contributed by atoms with van der Waals surface area (Å²) in [6.07, 6.45) is 0.701. The average Bonchev–Trinajstić information content (AvgIpc) is 2.64. The van der Waals surface area contributed by atoms with Crippen LogP contribution < -0.4 is 14.9 Å². The number of rotatable bonds is 5. The van der Waals surface area contributed by atoms with Gasteiger partial charge in [0.2, 0.25) is 0 Å². The summed E-state index contributed by atoms with van der Waals surface area (Å²) in [6, 6.07) is 12.4. The SMILES string of the molecule is COc1cc(OC)c2c(c1B(O)O)C[C@@H](C)N(Cc1ccccc1)[C@@H]2C. The first-order chi connectivity index (χ1) is 12.5. The van der Waals surface area contributed by atoms with Crippen molar-refractivity contribution in [3.05, 3.63) is 53.1 Å². The van der Waals surface area contributed by atoms with E-state index in [1.165, 1.54) is 12.7 Å². The van der Waals surface area contributed by atoms with Gasteiger partial charge in [-0.2, -0.15) is 0 Å². The van der Waals surface area contributed by atoms with Crippen LogP contribution in [0.15, 0.2) is 36.4 Å². The van der Waals surface area contributed by atoms with Crippen molar-refractivity contribution in [3.8, 4) is 11.5 Å². The average molecular weight is 355 g/mol. The van der Waals surface area contributed by atoms with Crippen molar-refractivity contribution < 1.29 is 19.5 Å². The van der Waals surface area contributed by atoms with Crippen LogP contribution in [0.1, 0.15) is 36.6 Å². The molecule has 2 aromatic rings. The van der Waals surface area contributed by atoms with E-state index in [2.05, 4.69) is 30.9 Å². The van der Waals surface area contributed by atoms with Gasteiger partial charge in [0.1, 0.15) is 11.5 Å². The lowest BCUT2D eigenvalue weighted by atomic mass is 9.71. The van der Waals surface area contributed by atoms with Crippen LogP contribution in [0.5, 0.6) is 11.5 Å². The Labute approximate surface area is 155 Å². The highest BCUT2D eigenvalue weighted by Crippen LogP contribution is 2.41. The van der Waals surface area contributed by atoms with Crippen molar-refractivity contribution in [2.45, 2.75) is 38.9 Å². The van der Waals surface area contributed by atoms with Crippen LogP contribution in [-0.2, 0) is 13.0 Å². The van der Waals surface area contributed by atoms with E-state index in [0.29, 0.717) is 17.6 Å². The summed E-state index contributed by atoms with van der Waals surface area (Å²) in [7, 11) is 1.59. The lowest BCUT2D eigenvalue weighted by molar-refractivity contribution is 0.127. The Balaban J connectivity index is 2.08. The van der Waals surface area contributed by atoms with Gasteiger partial charge in [0.05, 0.1) is 14.2 Å². The first kappa shape index (κ1) is 18.8. The minimum atomic E-state index is -1.58. The molecule has 0 spiro atoms. The van der Waals surface area contributed by atoms with Crippen molar-refractivity contribution in [2.75, 3.05) is 14.2 Å². The third kappa shape index (κ3) is 3.32. The summed E-state index contributed by atoms with van der Waals surface area (Å²) in [5, 5.41) is 19.9. The Morgan fingerprint density at radius 1 is 1.08 bits per heavy atom. The number of nitrogens with zero attached hydrogens (tertiary/aromatic N) is 1. The van der Waals surface area contributed by atoms with Crippen molar-refractivity contribution in [3.63, 3.8) is 0 Å². The van der Waals surface area contributed by atoms with E-state index in [-0.39, 0.29) is 12.1 Å². The molecule has 0 saturated carbocycles. The van der Waals surface area contributed by atoms with Crippen LogP contribution in [0.2, 0.25) is 0 Å². The number of fused-ring (bicyclic) bond motifs is 1. The van der Waals surface area contributed by atoms with E-state index < -0.39 is 7.12 Å². The summed E-state index contributed by atoms with van der Waals surface area (Å²) in [4.78, 5) is 2.42. The molecule has 0 aliphatic carbocycles. The van der Waals surface area contributed by atoms with E-state index in [4.69, 9.17) is 9.47 Å². The lowest BCUT2D eigenvalue weighted by Crippen LogP contribution is -2.45. The highest BCUT2D eigenvalue weighted by atomic mass is 16.5. The molecule has 0 radical (unpaired) electrons. The minimum Gasteiger partial charge on any atom is -0.497 e. The first-order valence-electron chi connectivity index (χ1n) is 8.91. The molecule has 2 N–H and O–H groups in total. The molecule has 0 fully saturated rings. The van der Waals surface area contributed by atoms with Gasteiger partial charge in [-0.05, 0) is 31.4 Å². The van der Waals surface area contributed by atoms with Crippen LogP contribution >= 0.6 is 0 Å². The van der Waals surface area contributed by atoms with Gasteiger partial charge in [0, 0.05) is 35.7 Å². The number of ether oxygens (including phenoxy) is 2. The van der Waals surface area contributed by atoms with Gasteiger partial charge in [-0.25, -0.2) is 0 Å². The maximum atomic E-state index is 9.95. The largest absolute Gasteiger partial charge is 0.497 e. The van der Waals surface area contributed by atoms with E-state index in [1.807, 2.05) is 18.2 Å². The second-order valence-corrected chi connectivity index (χ2v) is 6.85. The molecule has 138 valence electrons. The molecule has 0 unspecified atom stereocenters. The third-order valence-electron chi connectivity index (χ3n) is 5.33. The Morgan fingerprint density at radius 2 is 1.73 bits per heavy atom. The van der Waals surface area contributed by atoms with Crippen molar-refractivity contribution in [1.82, 2.24) is 4.90 Å². The number of hydrogen-bond acceptors (Lipinski definition) is 5. The van der Waals surface area contributed by atoms with Crippen LogP contribution in [0.25, 0.3) is 0 Å². The number of benzene rings is 2. The highest BCUT2D eigenvalue weighted by molar-refractivity contribution is 6.60. The Hall–Kier alpha value is -2.02. The molecule has 0 bridgehead atoms. The maximum Gasteiger partial charge on any atom is 0.492 e. The molecule has 5 nitrogen and oxygen atoms in total. The molecular weight excluding hydrogens is 329 g/mol. The van der Waals surface area contributed by atoms with Gasteiger partial charge in [-0.15, -0.1) is 0 Å². The minimum absolute atomic E-state index is 0.0762. The quantitative estimate of drug-likeness (QED) is 0.803. The molecule has 2 atom stereocenters. The van der Waals surface area contributed by atoms with Crippen LogP contribution in [0.4, 0.5) is 0 Å². The van der Waals surface area contributed by atoms with Crippen LogP contribution in [0.3, 0.4) is 0 Å². The molecule has 0 amide bonds. The predicted octanol–water partition coefficient (Wildman–Crippen LogP) is 1.89. The number of hydrogen-bond donors (Lipinski definition) is 2. The zero-order valence-corrected chi connectivity index (χ0v) is 15.8. The van der Waals surface area contributed by atoms with Crippen molar-refractivity contribution in [2.24, 2.45) is 0 Å². The van der Waals surface area contributed by atoms with Gasteiger partial charge >= 0.3 is 7.12 Å². The van der Waals surface area contributed by atoms with Crippen molar-refractivity contribution in [1.29, 1.82) is 0 Å². The zero-order chi connectivity index (χ0) is 18.8. The highest BCUT2D eigenvalue weighted by Gasteiger charge is 2.37. The fourth-order valence-electron chi connectivity index (χ4n) is 4.06. The first-order valence-corrected chi connectivity index (χ1v) is 8.91. The smallest absolute Gasteiger partial charge is 0.492 e. The topological polar surface area (TPSA) is 62.2 Å². The summed E-state index contributed by atoms with van der Waals surface area (Å²) >= 11 is 0. The monoisotopic (exact) mass is 355 g/mol. The predicted molar refractivity (Wildman–Crippen MR) is 103 cm³/mol. The molecule has 3 rings (SSSR count). The Bertz CT molecular complexity index is 766. The molecule has 26 heavy (non-hydrogen) atoms. The maximum absolute atomic E-state index is 9.95. The molecule has 1 aliphatic heterocycles. The lowest BCUT2D eigenvalue weighted by Gasteiger charge is -2.42. The summed E-state index contributed by atoms with van der Waals surface area (Å²) in [5.74, 6) is 1.17. The molecule has 1 heterocycles. The normalized spacial score (nSPS) is 19.8. The van der Waals surface area contributed by atoms with Crippen molar-refractivity contribution >= 4 is 12.6 Å². The molecule has 2 aromatic carbocycles. The van der Waals surface area contributed by atoms with Crippen LogP contribution in [0, 0.1) is 0 Å². The third-order valence-corrected chi connectivity index (χ3v) is 5.33. The van der Waals surface area contributed by atoms with Gasteiger partial charge in [-0.3, -0.25) is 4.90 Å². The van der Waals surface area contributed by atoms with Crippen LogP contribution in [-0.4, -0.2) is 42.3 Å². The van der Waals surface area contributed by atoms with E-state index in [9.17, 15) is 10.0 Å². The standard InChI is InChI=1S/C20H26BNO4/c1-13-10-16-19(14(2)22(13)12-15-8-6-5-7-9-15)17(25-3)11-18(26-4)20(16)21(23)24/h5-9,11,13-14,23-24H,10,12H2,1-4H3/t13-,14-/m1/s1. The summed E-state index contributed by atoms with van der Waals surface area (Å²) in [6.45, 7) is 5.14. The van der Waals surface area contributed by atoms with Gasteiger partial charge < -0.3 is 19.5 Å².